The molecular formula is C14H18BrN3O3. The molecule has 114 valence electrons. The van der Waals surface area contributed by atoms with Crippen LogP contribution in [0, 0.1) is 0 Å². The average Bonchev–Trinajstić information content (AvgIpc) is 2.46. The molecule has 0 saturated carbocycles. The van der Waals surface area contributed by atoms with Gasteiger partial charge in [0.15, 0.2) is 0 Å². The Kier molecular flexibility index (Phi) is 4.84. The van der Waals surface area contributed by atoms with E-state index in [1.807, 2.05) is 4.90 Å². The van der Waals surface area contributed by atoms with Crippen LogP contribution >= 0.6 is 15.9 Å². The van der Waals surface area contributed by atoms with Crippen LogP contribution in [-0.4, -0.2) is 59.0 Å². The molecule has 0 aliphatic carbocycles. The molecule has 2 rings (SSSR count). The van der Waals surface area contributed by atoms with Crippen LogP contribution in [0.15, 0.2) is 22.7 Å². The number of nitrogen functional groups attached to an aromatic ring is 1. The number of halogens is 1. The van der Waals surface area contributed by atoms with Gasteiger partial charge in [-0.3, -0.25) is 14.5 Å². The minimum atomic E-state index is -0.841. The molecule has 6 nitrogen and oxygen atoms in total. The normalized spacial score (nSPS) is 17.5. The van der Waals surface area contributed by atoms with Gasteiger partial charge in [-0.15, -0.1) is 0 Å². The van der Waals surface area contributed by atoms with E-state index in [0.29, 0.717) is 37.4 Å². The number of hydrogen-bond acceptors (Lipinski definition) is 4. The smallest absolute Gasteiger partial charge is 0.320 e. The minimum Gasteiger partial charge on any atom is -0.480 e. The predicted molar refractivity (Wildman–Crippen MR) is 83.1 cm³/mol. The van der Waals surface area contributed by atoms with E-state index in [-0.39, 0.29) is 5.91 Å². The number of nitrogens with zero attached hydrogens (tertiary/aromatic N) is 2. The van der Waals surface area contributed by atoms with Crippen LogP contribution in [0.2, 0.25) is 0 Å². The van der Waals surface area contributed by atoms with Crippen molar-refractivity contribution in [1.82, 2.24) is 9.80 Å². The summed E-state index contributed by atoms with van der Waals surface area (Å²) in [5.74, 6) is -0.949. The molecule has 1 heterocycles. The number of carboxylic acid groups (broad SMARTS) is 1. The van der Waals surface area contributed by atoms with Crippen molar-refractivity contribution in [2.75, 3.05) is 31.9 Å². The van der Waals surface area contributed by atoms with E-state index in [1.165, 1.54) is 0 Å². The van der Waals surface area contributed by atoms with E-state index in [9.17, 15) is 9.59 Å². The second-order valence-electron chi connectivity index (χ2n) is 5.07. The molecule has 0 radical (unpaired) electrons. The zero-order chi connectivity index (χ0) is 15.6. The first-order valence-corrected chi connectivity index (χ1v) is 7.50. The summed E-state index contributed by atoms with van der Waals surface area (Å²) in [7, 11) is 0. The molecule has 1 aliphatic heterocycles. The first kappa shape index (κ1) is 15.8. The number of anilines is 1. The van der Waals surface area contributed by atoms with Gasteiger partial charge in [0.2, 0.25) is 0 Å². The third kappa shape index (κ3) is 3.54. The van der Waals surface area contributed by atoms with Crippen molar-refractivity contribution in [3.8, 4) is 0 Å². The van der Waals surface area contributed by atoms with Gasteiger partial charge in [0.1, 0.15) is 6.04 Å². The van der Waals surface area contributed by atoms with Crippen LogP contribution < -0.4 is 5.73 Å². The molecule has 1 saturated heterocycles. The molecule has 1 aliphatic rings. The summed E-state index contributed by atoms with van der Waals surface area (Å²) >= 11 is 3.31. The van der Waals surface area contributed by atoms with E-state index in [1.54, 1.807) is 30.0 Å². The van der Waals surface area contributed by atoms with Crippen molar-refractivity contribution in [2.45, 2.75) is 13.0 Å². The lowest BCUT2D eigenvalue weighted by Crippen LogP contribution is -2.53. The minimum absolute atomic E-state index is 0.109. The second-order valence-corrected chi connectivity index (χ2v) is 5.99. The lowest BCUT2D eigenvalue weighted by molar-refractivity contribution is -0.143. The Morgan fingerprint density at radius 3 is 2.43 bits per heavy atom. The Morgan fingerprint density at radius 1 is 1.29 bits per heavy atom. The van der Waals surface area contributed by atoms with Crippen molar-refractivity contribution >= 4 is 33.5 Å². The van der Waals surface area contributed by atoms with Gasteiger partial charge >= 0.3 is 5.97 Å². The zero-order valence-corrected chi connectivity index (χ0v) is 13.3. The highest BCUT2D eigenvalue weighted by Gasteiger charge is 2.28. The highest BCUT2D eigenvalue weighted by Crippen LogP contribution is 2.21. The standard InChI is InChI=1S/C14H18BrN3O3/c1-9(14(20)21)17-4-6-18(7-5-17)13(19)11-3-2-10(15)8-12(11)16/h2-3,8-9H,4-7,16H2,1H3,(H,20,21). The Balaban J connectivity index is 2.02. The number of amides is 1. The molecular weight excluding hydrogens is 338 g/mol. The fourth-order valence-corrected chi connectivity index (χ4v) is 2.75. The third-order valence-corrected chi connectivity index (χ3v) is 4.24. The van der Waals surface area contributed by atoms with Crippen molar-refractivity contribution < 1.29 is 14.7 Å². The molecule has 0 spiro atoms. The molecule has 1 aromatic rings. The fourth-order valence-electron chi connectivity index (χ4n) is 2.37. The van der Waals surface area contributed by atoms with E-state index in [2.05, 4.69) is 15.9 Å². The molecule has 1 atom stereocenters. The molecule has 21 heavy (non-hydrogen) atoms. The van der Waals surface area contributed by atoms with Crippen molar-refractivity contribution in [3.63, 3.8) is 0 Å². The molecule has 1 amide bonds. The third-order valence-electron chi connectivity index (χ3n) is 3.75. The van der Waals surface area contributed by atoms with Gasteiger partial charge in [-0.25, -0.2) is 0 Å². The Bertz CT molecular complexity index is 556. The maximum atomic E-state index is 12.4. The number of benzene rings is 1. The lowest BCUT2D eigenvalue weighted by Gasteiger charge is -2.36. The average molecular weight is 356 g/mol. The van der Waals surface area contributed by atoms with Crippen molar-refractivity contribution in [1.29, 1.82) is 0 Å². The Morgan fingerprint density at radius 2 is 1.90 bits per heavy atom. The SMILES string of the molecule is CC(C(=O)O)N1CCN(C(=O)c2ccc(Br)cc2N)CC1. The number of carbonyl (C=O) groups is 2. The van der Waals surface area contributed by atoms with Crippen molar-refractivity contribution in [3.05, 3.63) is 28.2 Å². The van der Waals surface area contributed by atoms with Crippen LogP contribution in [0.4, 0.5) is 5.69 Å². The summed E-state index contributed by atoms with van der Waals surface area (Å²) in [4.78, 5) is 27.0. The zero-order valence-electron chi connectivity index (χ0n) is 11.8. The molecule has 1 fully saturated rings. The van der Waals surface area contributed by atoms with Crippen LogP contribution in [0.1, 0.15) is 17.3 Å². The van der Waals surface area contributed by atoms with Crippen LogP contribution in [0.5, 0.6) is 0 Å². The quantitative estimate of drug-likeness (QED) is 0.797. The highest BCUT2D eigenvalue weighted by atomic mass is 79.9. The predicted octanol–water partition coefficient (Wildman–Crippen LogP) is 1.26. The van der Waals surface area contributed by atoms with E-state index in [4.69, 9.17) is 10.8 Å². The molecule has 0 bridgehead atoms. The molecule has 3 N–H and O–H groups in total. The molecule has 7 heteroatoms. The first-order chi connectivity index (χ1) is 9.90. The Labute approximate surface area is 131 Å². The molecule has 0 aromatic heterocycles. The van der Waals surface area contributed by atoms with Crippen LogP contribution in [0.3, 0.4) is 0 Å². The number of carboxylic acids is 1. The first-order valence-electron chi connectivity index (χ1n) is 6.71. The van der Waals surface area contributed by atoms with Gasteiger partial charge in [0.25, 0.3) is 5.91 Å². The molecule has 1 aromatic carbocycles. The van der Waals surface area contributed by atoms with Gasteiger partial charge in [-0.05, 0) is 25.1 Å². The highest BCUT2D eigenvalue weighted by molar-refractivity contribution is 9.10. The summed E-state index contributed by atoms with van der Waals surface area (Å²) in [5, 5.41) is 9.01. The van der Waals surface area contributed by atoms with E-state index in [0.717, 1.165) is 4.47 Å². The monoisotopic (exact) mass is 355 g/mol. The topological polar surface area (TPSA) is 86.9 Å². The number of piperazine rings is 1. The van der Waals surface area contributed by atoms with E-state index < -0.39 is 12.0 Å². The summed E-state index contributed by atoms with van der Waals surface area (Å²) in [6, 6.07) is 4.66. The van der Waals surface area contributed by atoms with E-state index >= 15 is 0 Å². The van der Waals surface area contributed by atoms with Crippen molar-refractivity contribution in [2.24, 2.45) is 0 Å². The van der Waals surface area contributed by atoms with Gasteiger partial charge < -0.3 is 15.7 Å². The fraction of sp³-hybridized carbons (Fsp3) is 0.429. The van der Waals surface area contributed by atoms with Crippen LogP contribution in [0.25, 0.3) is 0 Å². The molecule has 1 unspecified atom stereocenters. The summed E-state index contributed by atoms with van der Waals surface area (Å²) in [6.07, 6.45) is 0. The van der Waals surface area contributed by atoms with Gasteiger partial charge in [0.05, 0.1) is 5.56 Å². The number of hydrogen-bond donors (Lipinski definition) is 2. The largest absolute Gasteiger partial charge is 0.480 e. The second kappa shape index (κ2) is 6.44. The van der Waals surface area contributed by atoms with Crippen LogP contribution in [-0.2, 0) is 4.79 Å². The maximum absolute atomic E-state index is 12.4. The maximum Gasteiger partial charge on any atom is 0.320 e. The van der Waals surface area contributed by atoms with Gasteiger partial charge in [0, 0.05) is 36.3 Å². The van der Waals surface area contributed by atoms with Gasteiger partial charge in [-0.1, -0.05) is 15.9 Å². The number of carbonyl (C=O) groups excluding carboxylic acids is 1. The summed E-state index contributed by atoms with van der Waals surface area (Å²) < 4.78 is 0.830. The van der Waals surface area contributed by atoms with Gasteiger partial charge in [-0.2, -0.15) is 0 Å². The summed E-state index contributed by atoms with van der Waals surface area (Å²) in [5.41, 5.74) is 6.80. The summed E-state index contributed by atoms with van der Waals surface area (Å²) in [6.45, 7) is 3.77. The Hall–Kier alpha value is -1.60. The number of aliphatic carboxylic acids is 1. The number of nitrogens with two attached hydrogens (primary N) is 1. The lowest BCUT2D eigenvalue weighted by atomic mass is 10.1. The number of rotatable bonds is 3.